The molecule has 0 fully saturated rings. The van der Waals surface area contributed by atoms with E-state index in [4.69, 9.17) is 4.74 Å². The molecular weight excluding hydrogens is 448 g/mol. The normalized spacial score (nSPS) is 10.9. The van der Waals surface area contributed by atoms with E-state index in [1.807, 2.05) is 74.5 Å². The molecule has 0 heterocycles. The van der Waals surface area contributed by atoms with Crippen molar-refractivity contribution in [1.29, 1.82) is 0 Å². The number of hydrogen-bond donors (Lipinski definition) is 1. The van der Waals surface area contributed by atoms with Crippen LogP contribution in [0, 0.1) is 6.92 Å². The van der Waals surface area contributed by atoms with Crippen LogP contribution < -0.4 is 15.0 Å². The van der Waals surface area contributed by atoms with Gasteiger partial charge >= 0.3 is 0 Å². The van der Waals surface area contributed by atoms with Crippen LogP contribution >= 0.6 is 0 Å². The molecule has 0 spiro atoms. The van der Waals surface area contributed by atoms with Gasteiger partial charge in [0.25, 0.3) is 11.8 Å². The topological polar surface area (TPSA) is 58.6 Å². The van der Waals surface area contributed by atoms with E-state index in [1.165, 1.54) is 0 Å². The zero-order valence-electron chi connectivity index (χ0n) is 21.2. The second kappa shape index (κ2) is 11.1. The summed E-state index contributed by atoms with van der Waals surface area (Å²) in [5.74, 6) is 0.687. The lowest BCUT2D eigenvalue weighted by molar-refractivity contribution is -0.118. The van der Waals surface area contributed by atoms with Crippen LogP contribution in [0.15, 0.2) is 84.9 Å². The van der Waals surface area contributed by atoms with E-state index in [0.29, 0.717) is 23.7 Å². The smallest absolute Gasteiger partial charge is 0.262 e. The summed E-state index contributed by atoms with van der Waals surface area (Å²) < 4.78 is 5.83. The largest absolute Gasteiger partial charge is 0.483 e. The van der Waals surface area contributed by atoms with Gasteiger partial charge in [-0.1, -0.05) is 62.4 Å². The predicted octanol–water partition coefficient (Wildman–Crippen LogP) is 6.96. The molecule has 0 aliphatic rings. The van der Waals surface area contributed by atoms with Gasteiger partial charge < -0.3 is 15.0 Å². The zero-order chi connectivity index (χ0) is 25.7. The molecule has 4 rings (SSSR count). The predicted molar refractivity (Wildman–Crippen MR) is 147 cm³/mol. The highest BCUT2D eigenvalue weighted by atomic mass is 16.5. The quantitative estimate of drug-likeness (QED) is 0.297. The fourth-order valence-electron chi connectivity index (χ4n) is 4.30. The van der Waals surface area contributed by atoms with E-state index >= 15 is 0 Å². The SMILES string of the molecule is CCN(C(=O)c1ccc(NC(=O)COc2cc(C)ccc2C(C)C)cc1)c1cccc2ccccc12. The van der Waals surface area contributed by atoms with E-state index in [1.54, 1.807) is 29.2 Å². The Hall–Kier alpha value is -4.12. The van der Waals surface area contributed by atoms with Gasteiger partial charge in [-0.15, -0.1) is 0 Å². The molecule has 0 atom stereocenters. The van der Waals surface area contributed by atoms with Crippen LogP contribution in [0.25, 0.3) is 10.8 Å². The van der Waals surface area contributed by atoms with Gasteiger partial charge in [-0.3, -0.25) is 9.59 Å². The first-order valence-electron chi connectivity index (χ1n) is 12.3. The lowest BCUT2D eigenvalue weighted by atomic mass is 10.0. The van der Waals surface area contributed by atoms with Crippen LogP contribution in [-0.2, 0) is 4.79 Å². The van der Waals surface area contributed by atoms with Gasteiger partial charge in [-0.25, -0.2) is 0 Å². The second-order valence-corrected chi connectivity index (χ2v) is 9.16. The molecule has 184 valence electrons. The lowest BCUT2D eigenvalue weighted by Crippen LogP contribution is -2.30. The van der Waals surface area contributed by atoms with Crippen molar-refractivity contribution in [2.24, 2.45) is 0 Å². The maximum Gasteiger partial charge on any atom is 0.262 e. The number of hydrogen-bond acceptors (Lipinski definition) is 3. The summed E-state index contributed by atoms with van der Waals surface area (Å²) in [5, 5.41) is 4.98. The Bertz CT molecular complexity index is 1370. The van der Waals surface area contributed by atoms with Gasteiger partial charge in [0.15, 0.2) is 6.61 Å². The molecule has 5 heteroatoms. The maximum atomic E-state index is 13.3. The first-order chi connectivity index (χ1) is 17.4. The summed E-state index contributed by atoms with van der Waals surface area (Å²) in [4.78, 5) is 27.6. The summed E-state index contributed by atoms with van der Waals surface area (Å²) in [6.07, 6.45) is 0. The fourth-order valence-corrected chi connectivity index (χ4v) is 4.30. The van der Waals surface area contributed by atoms with Crippen molar-refractivity contribution >= 4 is 34.0 Å². The third-order valence-corrected chi connectivity index (χ3v) is 6.18. The molecule has 2 amide bonds. The molecule has 0 bridgehead atoms. The number of rotatable bonds is 8. The van der Waals surface area contributed by atoms with Gasteiger partial charge in [0.05, 0.1) is 5.69 Å². The molecule has 36 heavy (non-hydrogen) atoms. The fraction of sp³-hybridized carbons (Fsp3) is 0.226. The van der Waals surface area contributed by atoms with E-state index in [-0.39, 0.29) is 18.4 Å². The minimum absolute atomic E-state index is 0.0873. The van der Waals surface area contributed by atoms with E-state index < -0.39 is 0 Å². The standard InChI is InChI=1S/C31H32N2O3/c1-5-33(28-12-8-10-23-9-6-7-11-27(23)28)31(35)24-14-16-25(17-15-24)32-30(34)20-36-29-19-22(4)13-18-26(29)21(2)3/h6-19,21H,5,20H2,1-4H3,(H,32,34). The molecule has 0 saturated carbocycles. The third kappa shape index (κ3) is 5.57. The molecule has 4 aromatic carbocycles. The maximum absolute atomic E-state index is 13.3. The zero-order valence-corrected chi connectivity index (χ0v) is 21.2. The summed E-state index contributed by atoms with van der Waals surface area (Å²) in [5.41, 5.74) is 4.21. The number of carbonyl (C=O) groups excluding carboxylic acids is 2. The number of nitrogens with zero attached hydrogens (tertiary/aromatic N) is 1. The number of nitrogens with one attached hydrogen (secondary N) is 1. The lowest BCUT2D eigenvalue weighted by Gasteiger charge is -2.23. The van der Waals surface area contributed by atoms with Crippen molar-refractivity contribution in [1.82, 2.24) is 0 Å². The number of amides is 2. The van der Waals surface area contributed by atoms with Crippen LogP contribution in [0.5, 0.6) is 5.75 Å². The van der Waals surface area contributed by atoms with E-state index in [2.05, 4.69) is 19.2 Å². The Morgan fingerprint density at radius 3 is 2.36 bits per heavy atom. The van der Waals surface area contributed by atoms with Crippen LogP contribution in [-0.4, -0.2) is 25.0 Å². The van der Waals surface area contributed by atoms with Crippen molar-refractivity contribution in [2.75, 3.05) is 23.4 Å². The molecule has 0 unspecified atom stereocenters. The Balaban J connectivity index is 1.43. The van der Waals surface area contributed by atoms with Crippen molar-refractivity contribution < 1.29 is 14.3 Å². The van der Waals surface area contributed by atoms with Gasteiger partial charge in [0.1, 0.15) is 5.75 Å². The number of carbonyl (C=O) groups is 2. The third-order valence-electron chi connectivity index (χ3n) is 6.18. The molecule has 0 radical (unpaired) electrons. The molecule has 0 aliphatic carbocycles. The minimum Gasteiger partial charge on any atom is -0.483 e. The molecule has 5 nitrogen and oxygen atoms in total. The Labute approximate surface area is 212 Å². The molecule has 4 aromatic rings. The first kappa shape index (κ1) is 25.0. The number of ether oxygens (including phenoxy) is 1. The first-order valence-corrected chi connectivity index (χ1v) is 12.3. The summed E-state index contributed by atoms with van der Waals surface area (Å²) >= 11 is 0. The Morgan fingerprint density at radius 2 is 1.64 bits per heavy atom. The molecular formula is C31H32N2O3. The van der Waals surface area contributed by atoms with Crippen LogP contribution in [0.2, 0.25) is 0 Å². The van der Waals surface area contributed by atoms with Crippen molar-refractivity contribution in [3.8, 4) is 5.75 Å². The van der Waals surface area contributed by atoms with Gasteiger partial charge in [-0.2, -0.15) is 0 Å². The summed E-state index contributed by atoms with van der Waals surface area (Å²) in [6, 6.07) is 27.0. The Kier molecular flexibility index (Phi) is 7.69. The molecule has 0 aliphatic heterocycles. The molecule has 1 N–H and O–H groups in total. The highest BCUT2D eigenvalue weighted by Crippen LogP contribution is 2.29. The Morgan fingerprint density at radius 1 is 0.917 bits per heavy atom. The van der Waals surface area contributed by atoms with Gasteiger partial charge in [0.2, 0.25) is 0 Å². The highest BCUT2D eigenvalue weighted by Gasteiger charge is 2.18. The minimum atomic E-state index is -0.253. The van der Waals surface area contributed by atoms with E-state index in [9.17, 15) is 9.59 Å². The summed E-state index contributed by atoms with van der Waals surface area (Å²) in [7, 11) is 0. The monoisotopic (exact) mass is 480 g/mol. The van der Waals surface area contributed by atoms with Crippen LogP contribution in [0.1, 0.15) is 48.2 Å². The number of anilines is 2. The van der Waals surface area contributed by atoms with Gasteiger partial charge in [-0.05, 0) is 72.7 Å². The van der Waals surface area contributed by atoms with E-state index in [0.717, 1.165) is 33.3 Å². The van der Waals surface area contributed by atoms with Crippen molar-refractivity contribution in [3.63, 3.8) is 0 Å². The van der Waals surface area contributed by atoms with Crippen molar-refractivity contribution in [2.45, 2.75) is 33.6 Å². The van der Waals surface area contributed by atoms with Crippen molar-refractivity contribution in [3.05, 3.63) is 102 Å². The van der Waals surface area contributed by atoms with Crippen LogP contribution in [0.4, 0.5) is 11.4 Å². The van der Waals surface area contributed by atoms with Crippen LogP contribution in [0.3, 0.4) is 0 Å². The average Bonchev–Trinajstić information content (AvgIpc) is 2.88. The van der Waals surface area contributed by atoms with Gasteiger partial charge in [0, 0.05) is 23.2 Å². The average molecular weight is 481 g/mol. The molecule has 0 aromatic heterocycles. The highest BCUT2D eigenvalue weighted by molar-refractivity contribution is 6.11. The second-order valence-electron chi connectivity index (χ2n) is 9.16. The molecule has 0 saturated heterocycles. The summed E-state index contributed by atoms with van der Waals surface area (Å²) in [6.45, 7) is 8.61. The number of fused-ring (bicyclic) bond motifs is 1. The number of aryl methyl sites for hydroxylation is 1. The number of benzene rings is 4.